The lowest BCUT2D eigenvalue weighted by atomic mass is 10.1. The molecule has 0 aliphatic carbocycles. The molecule has 0 saturated heterocycles. The maximum absolute atomic E-state index is 12.1. The fourth-order valence-corrected chi connectivity index (χ4v) is 1.91. The van der Waals surface area contributed by atoms with E-state index in [0.717, 1.165) is 5.56 Å². The summed E-state index contributed by atoms with van der Waals surface area (Å²) in [5.41, 5.74) is 2.38. The molecule has 0 heterocycles. The Morgan fingerprint density at radius 3 is 2.14 bits per heavy atom. The van der Waals surface area contributed by atoms with Gasteiger partial charge in [0.25, 0.3) is 5.91 Å². The number of Topliss-reactive ketones (excluding diaryl/α,β-unsaturated/α-hetero) is 1. The third-order valence-corrected chi connectivity index (χ3v) is 3.26. The van der Waals surface area contributed by atoms with Crippen LogP contribution in [0.1, 0.15) is 29.8 Å². The van der Waals surface area contributed by atoms with Crippen LogP contribution in [0.15, 0.2) is 48.5 Å². The van der Waals surface area contributed by atoms with E-state index < -0.39 is 6.10 Å². The van der Waals surface area contributed by atoms with Gasteiger partial charge in [-0.25, -0.2) is 0 Å². The standard InChI is InChI=1S/C18H19NO3/c1-12-4-10-17(11-5-12)22-14(3)18(21)19-16-8-6-15(7-9-16)13(2)20/h4-11,14H,1-3H3,(H,19,21). The van der Waals surface area contributed by atoms with E-state index in [1.807, 2.05) is 31.2 Å². The van der Waals surface area contributed by atoms with Gasteiger partial charge in [-0.1, -0.05) is 17.7 Å². The number of aryl methyl sites for hydroxylation is 1. The average molecular weight is 297 g/mol. The summed E-state index contributed by atoms with van der Waals surface area (Å²) in [5, 5.41) is 2.76. The zero-order valence-corrected chi connectivity index (χ0v) is 12.9. The summed E-state index contributed by atoms with van der Waals surface area (Å²) in [4.78, 5) is 23.3. The molecule has 0 aromatic heterocycles. The number of benzene rings is 2. The molecule has 2 rings (SSSR count). The second kappa shape index (κ2) is 6.89. The van der Waals surface area contributed by atoms with Gasteiger partial charge in [0.2, 0.25) is 0 Å². The van der Waals surface area contributed by atoms with Crippen molar-refractivity contribution in [2.24, 2.45) is 0 Å². The number of anilines is 1. The van der Waals surface area contributed by atoms with Crippen molar-refractivity contribution in [2.75, 3.05) is 5.32 Å². The molecule has 4 heteroatoms. The molecule has 22 heavy (non-hydrogen) atoms. The molecule has 2 aromatic rings. The van der Waals surface area contributed by atoms with E-state index >= 15 is 0 Å². The summed E-state index contributed by atoms with van der Waals surface area (Å²) in [6.45, 7) is 5.19. The Bertz CT molecular complexity index is 660. The van der Waals surface area contributed by atoms with Crippen LogP contribution in [0, 0.1) is 6.92 Å². The van der Waals surface area contributed by atoms with Gasteiger partial charge in [-0.15, -0.1) is 0 Å². The molecule has 0 fully saturated rings. The van der Waals surface area contributed by atoms with Gasteiger partial charge in [0.15, 0.2) is 11.9 Å². The molecule has 0 aliphatic rings. The van der Waals surface area contributed by atoms with Gasteiger partial charge in [-0.2, -0.15) is 0 Å². The van der Waals surface area contributed by atoms with Gasteiger partial charge in [0.05, 0.1) is 0 Å². The third-order valence-electron chi connectivity index (χ3n) is 3.26. The van der Waals surface area contributed by atoms with Crippen LogP contribution in [0.4, 0.5) is 5.69 Å². The highest BCUT2D eigenvalue weighted by molar-refractivity contribution is 5.96. The molecule has 1 amide bonds. The second-order valence-corrected chi connectivity index (χ2v) is 5.20. The van der Waals surface area contributed by atoms with Crippen molar-refractivity contribution in [3.8, 4) is 5.75 Å². The lowest BCUT2D eigenvalue weighted by molar-refractivity contribution is -0.122. The van der Waals surface area contributed by atoms with Crippen molar-refractivity contribution in [2.45, 2.75) is 26.9 Å². The Morgan fingerprint density at radius 1 is 1.00 bits per heavy atom. The molecule has 0 aliphatic heterocycles. The summed E-state index contributed by atoms with van der Waals surface area (Å²) < 4.78 is 5.60. The lowest BCUT2D eigenvalue weighted by Gasteiger charge is -2.15. The molecule has 4 nitrogen and oxygen atoms in total. The van der Waals surface area contributed by atoms with Gasteiger partial charge in [-0.3, -0.25) is 9.59 Å². The maximum atomic E-state index is 12.1. The smallest absolute Gasteiger partial charge is 0.265 e. The van der Waals surface area contributed by atoms with E-state index in [0.29, 0.717) is 17.0 Å². The third kappa shape index (κ3) is 4.19. The largest absolute Gasteiger partial charge is 0.481 e. The van der Waals surface area contributed by atoms with Crippen molar-refractivity contribution >= 4 is 17.4 Å². The monoisotopic (exact) mass is 297 g/mol. The van der Waals surface area contributed by atoms with Crippen molar-refractivity contribution < 1.29 is 14.3 Å². The first-order valence-corrected chi connectivity index (χ1v) is 7.11. The summed E-state index contributed by atoms with van der Waals surface area (Å²) >= 11 is 0. The number of rotatable bonds is 5. The summed E-state index contributed by atoms with van der Waals surface area (Å²) in [7, 11) is 0. The molecular formula is C18H19NO3. The fraction of sp³-hybridized carbons (Fsp3) is 0.222. The number of carbonyl (C=O) groups is 2. The van der Waals surface area contributed by atoms with Crippen molar-refractivity contribution in [1.29, 1.82) is 0 Å². The molecule has 0 bridgehead atoms. The van der Waals surface area contributed by atoms with E-state index in [4.69, 9.17) is 4.74 Å². The molecule has 1 N–H and O–H groups in total. The normalized spacial score (nSPS) is 11.6. The quantitative estimate of drug-likeness (QED) is 0.858. The Morgan fingerprint density at radius 2 is 1.59 bits per heavy atom. The SMILES string of the molecule is CC(=O)c1ccc(NC(=O)C(C)Oc2ccc(C)cc2)cc1. The Balaban J connectivity index is 1.95. The summed E-state index contributed by atoms with van der Waals surface area (Å²) in [6, 6.07) is 14.3. The van der Waals surface area contributed by atoms with Gasteiger partial charge in [0.1, 0.15) is 5.75 Å². The highest BCUT2D eigenvalue weighted by Crippen LogP contribution is 2.15. The fourth-order valence-electron chi connectivity index (χ4n) is 1.91. The number of ether oxygens (including phenoxy) is 1. The lowest BCUT2D eigenvalue weighted by Crippen LogP contribution is -2.30. The molecule has 0 saturated carbocycles. The molecule has 114 valence electrons. The van der Waals surface area contributed by atoms with Crippen LogP contribution in [-0.2, 0) is 4.79 Å². The molecule has 1 unspecified atom stereocenters. The number of nitrogens with one attached hydrogen (secondary N) is 1. The first kappa shape index (κ1) is 15.8. The predicted octanol–water partition coefficient (Wildman–Crippen LogP) is 3.60. The van der Waals surface area contributed by atoms with E-state index in [-0.39, 0.29) is 11.7 Å². The molecule has 2 aromatic carbocycles. The number of carbonyl (C=O) groups excluding carboxylic acids is 2. The van der Waals surface area contributed by atoms with Gasteiger partial charge >= 0.3 is 0 Å². The summed E-state index contributed by atoms with van der Waals surface area (Å²) in [5.74, 6) is 0.408. The van der Waals surface area contributed by atoms with Gasteiger partial charge in [-0.05, 0) is 57.2 Å². The minimum atomic E-state index is -0.616. The van der Waals surface area contributed by atoms with E-state index in [1.54, 1.807) is 31.2 Å². The van der Waals surface area contributed by atoms with Crippen LogP contribution in [0.3, 0.4) is 0 Å². The van der Waals surface area contributed by atoms with Crippen LogP contribution in [0.25, 0.3) is 0 Å². The van der Waals surface area contributed by atoms with Crippen LogP contribution in [0.2, 0.25) is 0 Å². The van der Waals surface area contributed by atoms with Crippen LogP contribution in [0.5, 0.6) is 5.75 Å². The number of ketones is 1. The number of amides is 1. The number of hydrogen-bond acceptors (Lipinski definition) is 3. The van der Waals surface area contributed by atoms with Crippen molar-refractivity contribution in [1.82, 2.24) is 0 Å². The maximum Gasteiger partial charge on any atom is 0.265 e. The number of hydrogen-bond donors (Lipinski definition) is 1. The minimum absolute atomic E-state index is 0.00560. The minimum Gasteiger partial charge on any atom is -0.481 e. The van der Waals surface area contributed by atoms with Crippen LogP contribution >= 0.6 is 0 Å². The first-order chi connectivity index (χ1) is 10.5. The van der Waals surface area contributed by atoms with E-state index in [1.165, 1.54) is 6.92 Å². The van der Waals surface area contributed by atoms with Gasteiger partial charge < -0.3 is 10.1 Å². The first-order valence-electron chi connectivity index (χ1n) is 7.11. The Hall–Kier alpha value is -2.62. The van der Waals surface area contributed by atoms with Crippen molar-refractivity contribution in [3.05, 3.63) is 59.7 Å². The van der Waals surface area contributed by atoms with Gasteiger partial charge in [0, 0.05) is 11.3 Å². The highest BCUT2D eigenvalue weighted by Gasteiger charge is 2.14. The highest BCUT2D eigenvalue weighted by atomic mass is 16.5. The second-order valence-electron chi connectivity index (χ2n) is 5.20. The topological polar surface area (TPSA) is 55.4 Å². The molecule has 0 spiro atoms. The summed E-state index contributed by atoms with van der Waals surface area (Å²) in [6.07, 6.45) is -0.616. The van der Waals surface area contributed by atoms with Crippen molar-refractivity contribution in [3.63, 3.8) is 0 Å². The zero-order chi connectivity index (χ0) is 16.1. The average Bonchev–Trinajstić information content (AvgIpc) is 2.50. The van der Waals surface area contributed by atoms with Crippen LogP contribution < -0.4 is 10.1 Å². The van der Waals surface area contributed by atoms with E-state index in [9.17, 15) is 9.59 Å². The molecule has 0 radical (unpaired) electrons. The predicted molar refractivity (Wildman–Crippen MR) is 86.3 cm³/mol. The van der Waals surface area contributed by atoms with E-state index in [2.05, 4.69) is 5.32 Å². The Labute approximate surface area is 130 Å². The van der Waals surface area contributed by atoms with Crippen LogP contribution in [-0.4, -0.2) is 17.8 Å². The Kier molecular flexibility index (Phi) is 4.94. The molecule has 1 atom stereocenters. The molecular weight excluding hydrogens is 278 g/mol. The zero-order valence-electron chi connectivity index (χ0n) is 12.9.